The molecule has 2 aromatic heterocycles. The van der Waals surface area contributed by atoms with Gasteiger partial charge in [0, 0.05) is 12.3 Å². The van der Waals surface area contributed by atoms with Crippen molar-refractivity contribution in [2.24, 2.45) is 0 Å². The summed E-state index contributed by atoms with van der Waals surface area (Å²) in [6.45, 7) is 0. The number of rotatable bonds is 1. The van der Waals surface area contributed by atoms with Crippen LogP contribution in [0.4, 0.5) is 0 Å². The fourth-order valence-electron chi connectivity index (χ4n) is 0.912. The third kappa shape index (κ3) is 1.78. The van der Waals surface area contributed by atoms with E-state index in [4.69, 9.17) is 11.6 Å². The summed E-state index contributed by atoms with van der Waals surface area (Å²) < 4.78 is 0. The minimum atomic E-state index is 0.399. The van der Waals surface area contributed by atoms with Crippen molar-refractivity contribution in [2.45, 2.75) is 0 Å². The molecule has 0 saturated carbocycles. The van der Waals surface area contributed by atoms with Gasteiger partial charge in [-0.15, -0.1) is 5.10 Å². The number of halogens is 1. The highest BCUT2D eigenvalue weighted by atomic mass is 35.5. The van der Waals surface area contributed by atoms with Crippen LogP contribution in [0.3, 0.4) is 0 Å². The van der Waals surface area contributed by atoms with Crippen molar-refractivity contribution < 1.29 is 0 Å². The minimum absolute atomic E-state index is 0.399. The molecule has 0 aliphatic rings. The molecule has 0 aliphatic heterocycles. The first kappa shape index (κ1) is 8.07. The van der Waals surface area contributed by atoms with Crippen LogP contribution in [0.25, 0.3) is 11.4 Å². The Labute approximate surface area is 79.6 Å². The standard InChI is InChI=1S/C8H5ClN4/c9-8-4-7(10-5-11-8)6-2-1-3-12-13-6/h1-5H. The molecule has 2 heterocycles. The first-order valence-corrected chi connectivity index (χ1v) is 4.00. The smallest absolute Gasteiger partial charge is 0.133 e. The normalized spacial score (nSPS) is 9.92. The van der Waals surface area contributed by atoms with Crippen LogP contribution in [0.1, 0.15) is 0 Å². The summed E-state index contributed by atoms with van der Waals surface area (Å²) in [5.74, 6) is 0. The van der Waals surface area contributed by atoms with Crippen molar-refractivity contribution in [1.82, 2.24) is 20.2 Å². The van der Waals surface area contributed by atoms with Gasteiger partial charge in [-0.3, -0.25) is 0 Å². The number of hydrogen-bond acceptors (Lipinski definition) is 4. The molecule has 0 atom stereocenters. The molecule has 0 aromatic carbocycles. The summed E-state index contributed by atoms with van der Waals surface area (Å²) in [5, 5.41) is 8.03. The summed E-state index contributed by atoms with van der Waals surface area (Å²) in [6.07, 6.45) is 3.00. The zero-order valence-electron chi connectivity index (χ0n) is 6.55. The SMILES string of the molecule is Clc1cc(-c2cccnn2)ncn1. The van der Waals surface area contributed by atoms with Crippen LogP contribution in [0, 0.1) is 0 Å². The third-order valence-electron chi connectivity index (χ3n) is 1.47. The molecule has 13 heavy (non-hydrogen) atoms. The predicted octanol–water partition coefficient (Wildman–Crippen LogP) is 1.59. The van der Waals surface area contributed by atoms with Gasteiger partial charge in [-0.2, -0.15) is 5.10 Å². The van der Waals surface area contributed by atoms with Gasteiger partial charge in [-0.1, -0.05) is 11.6 Å². The van der Waals surface area contributed by atoms with E-state index in [-0.39, 0.29) is 0 Å². The van der Waals surface area contributed by atoms with Crippen molar-refractivity contribution in [2.75, 3.05) is 0 Å². The Bertz CT molecular complexity index is 404. The molecule has 0 spiro atoms. The minimum Gasteiger partial charge on any atom is -0.235 e. The Kier molecular flexibility index (Phi) is 2.14. The van der Waals surface area contributed by atoms with E-state index in [1.165, 1.54) is 6.33 Å². The lowest BCUT2D eigenvalue weighted by atomic mass is 10.3. The van der Waals surface area contributed by atoms with Gasteiger partial charge in [0.2, 0.25) is 0 Å². The van der Waals surface area contributed by atoms with E-state index in [0.717, 1.165) is 0 Å². The lowest BCUT2D eigenvalue weighted by Crippen LogP contribution is -1.89. The van der Waals surface area contributed by atoms with E-state index < -0.39 is 0 Å². The predicted molar refractivity (Wildman–Crippen MR) is 48.1 cm³/mol. The Morgan fingerprint density at radius 3 is 2.77 bits per heavy atom. The fraction of sp³-hybridized carbons (Fsp3) is 0. The Morgan fingerprint density at radius 1 is 1.15 bits per heavy atom. The Hall–Kier alpha value is -1.55. The van der Waals surface area contributed by atoms with E-state index in [1.54, 1.807) is 18.3 Å². The summed E-state index contributed by atoms with van der Waals surface area (Å²) in [7, 11) is 0. The molecule has 5 heteroatoms. The second kappa shape index (κ2) is 3.45. The van der Waals surface area contributed by atoms with E-state index in [2.05, 4.69) is 20.2 Å². The highest BCUT2D eigenvalue weighted by Gasteiger charge is 2.00. The van der Waals surface area contributed by atoms with Crippen LogP contribution in [0.5, 0.6) is 0 Å². The van der Waals surface area contributed by atoms with Gasteiger partial charge in [0.05, 0.1) is 5.69 Å². The van der Waals surface area contributed by atoms with Gasteiger partial charge in [0.25, 0.3) is 0 Å². The zero-order chi connectivity index (χ0) is 9.10. The molecule has 0 unspecified atom stereocenters. The van der Waals surface area contributed by atoms with E-state index >= 15 is 0 Å². The summed E-state index contributed by atoms with van der Waals surface area (Å²) in [5.41, 5.74) is 1.36. The van der Waals surface area contributed by atoms with Crippen molar-refractivity contribution in [1.29, 1.82) is 0 Å². The lowest BCUT2D eigenvalue weighted by molar-refractivity contribution is 1.02. The molecule has 0 bridgehead atoms. The van der Waals surface area contributed by atoms with Gasteiger partial charge in [0.15, 0.2) is 0 Å². The molecule has 0 radical (unpaired) electrons. The van der Waals surface area contributed by atoms with Gasteiger partial charge < -0.3 is 0 Å². The Morgan fingerprint density at radius 2 is 2.08 bits per heavy atom. The van der Waals surface area contributed by atoms with Crippen molar-refractivity contribution >= 4 is 11.6 Å². The van der Waals surface area contributed by atoms with Crippen LogP contribution < -0.4 is 0 Å². The topological polar surface area (TPSA) is 51.6 Å². The summed E-state index contributed by atoms with van der Waals surface area (Å²) in [4.78, 5) is 7.78. The fourth-order valence-corrected chi connectivity index (χ4v) is 1.06. The maximum atomic E-state index is 5.70. The van der Waals surface area contributed by atoms with E-state index in [1.807, 2.05) is 6.07 Å². The van der Waals surface area contributed by atoms with Gasteiger partial charge >= 0.3 is 0 Å². The molecular weight excluding hydrogens is 188 g/mol. The van der Waals surface area contributed by atoms with E-state index in [9.17, 15) is 0 Å². The van der Waals surface area contributed by atoms with Crippen LogP contribution in [0.2, 0.25) is 5.15 Å². The van der Waals surface area contributed by atoms with Crippen LogP contribution >= 0.6 is 11.6 Å². The van der Waals surface area contributed by atoms with Crippen molar-refractivity contribution in [3.63, 3.8) is 0 Å². The summed E-state index contributed by atoms with van der Waals surface area (Å²) >= 11 is 5.70. The molecule has 0 amide bonds. The first-order valence-electron chi connectivity index (χ1n) is 3.62. The van der Waals surface area contributed by atoms with Crippen LogP contribution in [-0.4, -0.2) is 20.2 Å². The molecule has 0 fully saturated rings. The molecule has 64 valence electrons. The molecule has 0 saturated heterocycles. The molecule has 4 nitrogen and oxygen atoms in total. The monoisotopic (exact) mass is 192 g/mol. The van der Waals surface area contributed by atoms with Gasteiger partial charge in [0.1, 0.15) is 17.2 Å². The highest BCUT2D eigenvalue weighted by molar-refractivity contribution is 6.29. The number of aromatic nitrogens is 4. The van der Waals surface area contributed by atoms with Crippen molar-refractivity contribution in [3.8, 4) is 11.4 Å². The van der Waals surface area contributed by atoms with Gasteiger partial charge in [-0.25, -0.2) is 9.97 Å². The molecule has 0 aliphatic carbocycles. The van der Waals surface area contributed by atoms with Crippen LogP contribution in [0.15, 0.2) is 30.7 Å². The molecule has 2 aromatic rings. The third-order valence-corrected chi connectivity index (χ3v) is 1.68. The average molecular weight is 193 g/mol. The Balaban J connectivity index is 2.48. The second-order valence-corrected chi connectivity index (χ2v) is 2.72. The van der Waals surface area contributed by atoms with Gasteiger partial charge in [-0.05, 0) is 12.1 Å². The second-order valence-electron chi connectivity index (χ2n) is 2.33. The quantitative estimate of drug-likeness (QED) is 0.644. The van der Waals surface area contributed by atoms with E-state index in [0.29, 0.717) is 16.5 Å². The molecule has 2 rings (SSSR count). The maximum absolute atomic E-state index is 5.70. The van der Waals surface area contributed by atoms with Crippen molar-refractivity contribution in [3.05, 3.63) is 35.9 Å². The highest BCUT2D eigenvalue weighted by Crippen LogP contribution is 2.14. The molecular formula is C8H5ClN4. The average Bonchev–Trinajstić information content (AvgIpc) is 2.19. The number of hydrogen-bond donors (Lipinski definition) is 0. The zero-order valence-corrected chi connectivity index (χ0v) is 7.31. The first-order chi connectivity index (χ1) is 6.36. The largest absolute Gasteiger partial charge is 0.235 e. The maximum Gasteiger partial charge on any atom is 0.133 e. The lowest BCUT2D eigenvalue weighted by Gasteiger charge is -1.96. The van der Waals surface area contributed by atoms with Crippen LogP contribution in [-0.2, 0) is 0 Å². The number of nitrogens with zero attached hydrogens (tertiary/aromatic N) is 4. The summed E-state index contributed by atoms with van der Waals surface area (Å²) in [6, 6.07) is 5.25. The molecule has 0 N–H and O–H groups in total.